The fourth-order valence-electron chi connectivity index (χ4n) is 5.38. The normalized spacial score (nSPS) is 30.9. The van der Waals surface area contributed by atoms with Gasteiger partial charge in [0.25, 0.3) is 0 Å². The molecule has 33 heavy (non-hydrogen) atoms. The molecule has 1 N–H and O–H groups in total. The van der Waals surface area contributed by atoms with Crippen LogP contribution in [0, 0.1) is 11.8 Å². The maximum absolute atomic E-state index is 13.6. The summed E-state index contributed by atoms with van der Waals surface area (Å²) in [5, 5.41) is 3.67. The number of hydrogen-bond donors (Lipinski definition) is 1. The molecule has 0 unspecified atom stereocenters. The van der Waals surface area contributed by atoms with Crippen LogP contribution in [0.5, 0.6) is 5.75 Å². The number of carbonyl (C=O) groups is 2. The van der Waals surface area contributed by atoms with Gasteiger partial charge in [-0.05, 0) is 12.1 Å². The standard InChI is InChI=1S/C23H26N4O5S/c1-30-14-2-3-17-15(12-14)25-22(33-17)27-13-23-5-4-16(32-23)18(19(23)21(27)29)20(28)24-6-7-26-8-10-31-11-9-26/h2-5,12,16,18-19H,6-11,13H2,1H3,(H,24,28)/t16-,18-,19+,23-/m1/s1. The summed E-state index contributed by atoms with van der Waals surface area (Å²) in [5.41, 5.74) is 0.0265. The van der Waals surface area contributed by atoms with Crippen molar-refractivity contribution in [3.63, 3.8) is 0 Å². The van der Waals surface area contributed by atoms with Gasteiger partial charge in [-0.15, -0.1) is 0 Å². The number of fused-ring (bicyclic) bond motifs is 2. The lowest BCUT2D eigenvalue weighted by Gasteiger charge is -2.27. The molecule has 3 fully saturated rings. The first kappa shape index (κ1) is 21.0. The van der Waals surface area contributed by atoms with E-state index < -0.39 is 17.4 Å². The van der Waals surface area contributed by atoms with E-state index in [1.165, 1.54) is 11.3 Å². The first-order chi connectivity index (χ1) is 16.1. The van der Waals surface area contributed by atoms with Crippen LogP contribution in [0.25, 0.3) is 10.2 Å². The van der Waals surface area contributed by atoms with Gasteiger partial charge in [0.1, 0.15) is 11.4 Å². The number of rotatable bonds is 6. The largest absolute Gasteiger partial charge is 0.497 e. The molecule has 2 aromatic rings. The highest BCUT2D eigenvalue weighted by Gasteiger charge is 2.67. The number of ether oxygens (including phenoxy) is 3. The zero-order valence-electron chi connectivity index (χ0n) is 18.4. The van der Waals surface area contributed by atoms with Crippen molar-refractivity contribution in [2.75, 3.05) is 57.9 Å². The molecule has 1 aromatic carbocycles. The lowest BCUT2D eigenvalue weighted by molar-refractivity contribution is -0.132. The van der Waals surface area contributed by atoms with Gasteiger partial charge in [-0.3, -0.25) is 19.4 Å². The summed E-state index contributed by atoms with van der Waals surface area (Å²) in [6, 6.07) is 5.69. The minimum absolute atomic E-state index is 0.0961. The third kappa shape index (κ3) is 3.43. The molecule has 10 heteroatoms. The number of hydrogen-bond acceptors (Lipinski definition) is 8. The lowest BCUT2D eigenvalue weighted by atomic mass is 9.77. The van der Waals surface area contributed by atoms with E-state index >= 15 is 0 Å². The summed E-state index contributed by atoms with van der Waals surface area (Å²) in [5.74, 6) is -0.541. The third-order valence-electron chi connectivity index (χ3n) is 7.05. The van der Waals surface area contributed by atoms with Crippen LogP contribution in [-0.2, 0) is 19.1 Å². The fourth-order valence-corrected chi connectivity index (χ4v) is 6.33. The Kier molecular flexibility index (Phi) is 5.13. The Morgan fingerprint density at radius 3 is 3.03 bits per heavy atom. The number of amides is 2. The molecular weight excluding hydrogens is 444 g/mol. The van der Waals surface area contributed by atoms with E-state index in [4.69, 9.17) is 14.2 Å². The third-order valence-corrected chi connectivity index (χ3v) is 8.11. The Bertz CT molecular complexity index is 1130. The predicted octanol–water partition coefficient (Wildman–Crippen LogP) is 1.04. The molecule has 1 spiro atoms. The van der Waals surface area contributed by atoms with Crippen molar-refractivity contribution >= 4 is 38.5 Å². The summed E-state index contributed by atoms with van der Waals surface area (Å²) >= 11 is 1.46. The van der Waals surface area contributed by atoms with Crippen molar-refractivity contribution in [2.24, 2.45) is 11.8 Å². The van der Waals surface area contributed by atoms with E-state index in [9.17, 15) is 9.59 Å². The maximum atomic E-state index is 13.6. The van der Waals surface area contributed by atoms with Gasteiger partial charge in [0, 0.05) is 32.2 Å². The molecule has 1 aromatic heterocycles. The summed E-state index contributed by atoms with van der Waals surface area (Å²) in [6.07, 6.45) is 3.54. The topological polar surface area (TPSA) is 93.2 Å². The molecule has 2 bridgehead atoms. The van der Waals surface area contributed by atoms with Gasteiger partial charge in [-0.2, -0.15) is 0 Å². The molecule has 0 saturated carbocycles. The average molecular weight is 471 g/mol. The van der Waals surface area contributed by atoms with Crippen LogP contribution in [0.4, 0.5) is 5.13 Å². The second-order valence-corrected chi connectivity index (χ2v) is 9.91. The van der Waals surface area contributed by atoms with Gasteiger partial charge in [0.05, 0.1) is 55.0 Å². The zero-order chi connectivity index (χ0) is 22.6. The summed E-state index contributed by atoms with van der Waals surface area (Å²) in [6.45, 7) is 4.90. The van der Waals surface area contributed by atoms with Crippen LogP contribution in [0.3, 0.4) is 0 Å². The molecule has 4 atom stereocenters. The first-order valence-electron chi connectivity index (χ1n) is 11.3. The summed E-state index contributed by atoms with van der Waals surface area (Å²) in [7, 11) is 1.62. The molecule has 2 amide bonds. The number of methoxy groups -OCH3 is 1. The highest BCUT2D eigenvalue weighted by molar-refractivity contribution is 7.22. The number of benzene rings is 1. The highest BCUT2D eigenvalue weighted by Crippen LogP contribution is 2.53. The Balaban J connectivity index is 1.19. The summed E-state index contributed by atoms with van der Waals surface area (Å²) in [4.78, 5) is 35.3. The van der Waals surface area contributed by atoms with Gasteiger partial charge in [-0.25, -0.2) is 4.98 Å². The van der Waals surface area contributed by atoms with Gasteiger partial charge in [-0.1, -0.05) is 23.5 Å². The highest BCUT2D eigenvalue weighted by atomic mass is 32.1. The molecule has 5 heterocycles. The molecule has 0 aliphatic carbocycles. The van der Waals surface area contributed by atoms with E-state index in [1.807, 2.05) is 30.4 Å². The Labute approximate surface area is 195 Å². The quantitative estimate of drug-likeness (QED) is 0.631. The number of thiazole rings is 1. The lowest BCUT2D eigenvalue weighted by Crippen LogP contribution is -2.46. The number of aromatic nitrogens is 1. The second kappa shape index (κ2) is 8.05. The molecule has 3 saturated heterocycles. The van der Waals surface area contributed by atoms with Crippen molar-refractivity contribution in [1.82, 2.24) is 15.2 Å². The number of anilines is 1. The van der Waals surface area contributed by atoms with E-state index in [-0.39, 0.29) is 17.9 Å². The molecule has 9 nitrogen and oxygen atoms in total. The van der Waals surface area contributed by atoms with E-state index in [0.29, 0.717) is 18.2 Å². The van der Waals surface area contributed by atoms with Gasteiger partial charge < -0.3 is 19.5 Å². The van der Waals surface area contributed by atoms with Crippen molar-refractivity contribution in [3.05, 3.63) is 30.4 Å². The van der Waals surface area contributed by atoms with Gasteiger partial charge >= 0.3 is 0 Å². The number of carbonyl (C=O) groups excluding carboxylic acids is 2. The van der Waals surface area contributed by atoms with E-state index in [0.717, 1.165) is 48.8 Å². The molecular formula is C23H26N4O5S. The Morgan fingerprint density at radius 1 is 1.36 bits per heavy atom. The van der Waals surface area contributed by atoms with Crippen molar-refractivity contribution in [1.29, 1.82) is 0 Å². The van der Waals surface area contributed by atoms with Crippen molar-refractivity contribution in [2.45, 2.75) is 11.7 Å². The Hall–Kier alpha value is -2.53. The Morgan fingerprint density at radius 2 is 2.21 bits per heavy atom. The van der Waals surface area contributed by atoms with Crippen LogP contribution < -0.4 is 15.0 Å². The predicted molar refractivity (Wildman–Crippen MR) is 123 cm³/mol. The van der Waals surface area contributed by atoms with Crippen LogP contribution in [-0.4, -0.2) is 86.5 Å². The SMILES string of the molecule is COc1ccc2sc(N3C[C@@]45C=C[C@@H](O4)[C@@H](C(=O)NCCN4CCOCC4)[C@H]5C3=O)nc2c1. The number of nitrogens with zero attached hydrogens (tertiary/aromatic N) is 3. The molecule has 0 radical (unpaired) electrons. The molecule has 4 aliphatic rings. The maximum Gasteiger partial charge on any atom is 0.236 e. The van der Waals surface area contributed by atoms with Crippen LogP contribution in [0.15, 0.2) is 30.4 Å². The summed E-state index contributed by atoms with van der Waals surface area (Å²) < 4.78 is 17.9. The molecule has 174 valence electrons. The van der Waals surface area contributed by atoms with Gasteiger partial charge in [0.15, 0.2) is 5.13 Å². The van der Waals surface area contributed by atoms with E-state index in [1.54, 1.807) is 12.0 Å². The van der Waals surface area contributed by atoms with Crippen molar-refractivity contribution in [3.8, 4) is 5.75 Å². The monoisotopic (exact) mass is 470 g/mol. The fraction of sp³-hybridized carbons (Fsp3) is 0.522. The van der Waals surface area contributed by atoms with Crippen molar-refractivity contribution < 1.29 is 23.8 Å². The smallest absolute Gasteiger partial charge is 0.236 e. The average Bonchev–Trinajstić information content (AvgIpc) is 3.58. The molecule has 4 aliphatic heterocycles. The molecule has 6 rings (SSSR count). The van der Waals surface area contributed by atoms with E-state index in [2.05, 4.69) is 15.2 Å². The number of nitrogens with one attached hydrogen (secondary N) is 1. The number of morpholine rings is 1. The minimum Gasteiger partial charge on any atom is -0.497 e. The minimum atomic E-state index is -0.760. The first-order valence-corrected chi connectivity index (χ1v) is 12.1. The second-order valence-electron chi connectivity index (χ2n) is 8.90. The zero-order valence-corrected chi connectivity index (χ0v) is 19.2. The van der Waals surface area contributed by atoms with Crippen LogP contribution in [0.1, 0.15) is 0 Å². The van der Waals surface area contributed by atoms with Crippen LogP contribution >= 0.6 is 11.3 Å². The van der Waals surface area contributed by atoms with Gasteiger partial charge in [0.2, 0.25) is 11.8 Å². The van der Waals surface area contributed by atoms with Crippen LogP contribution in [0.2, 0.25) is 0 Å².